The predicted molar refractivity (Wildman–Crippen MR) is 89.3 cm³/mol. The maximum Gasteiger partial charge on any atom is 0.0760 e. The lowest BCUT2D eigenvalue weighted by Crippen LogP contribution is -2.29. The molecular formula is C15H23Cl2NOS. The first-order valence-corrected chi connectivity index (χ1v) is 9.23. The quantitative estimate of drug-likeness (QED) is 0.711. The van der Waals surface area contributed by atoms with Crippen molar-refractivity contribution in [3.63, 3.8) is 0 Å². The molecule has 0 aliphatic heterocycles. The van der Waals surface area contributed by atoms with E-state index in [4.69, 9.17) is 23.2 Å². The van der Waals surface area contributed by atoms with Gasteiger partial charge in [-0.3, -0.25) is 4.21 Å². The van der Waals surface area contributed by atoms with Crippen molar-refractivity contribution in [3.8, 4) is 0 Å². The Morgan fingerprint density at radius 3 is 2.45 bits per heavy atom. The van der Waals surface area contributed by atoms with Crippen molar-refractivity contribution in [2.45, 2.75) is 50.5 Å². The summed E-state index contributed by atoms with van der Waals surface area (Å²) >= 11 is 12.1. The standard InChI is InChI=1S/C15H23Cl2NOS/c1-3-10-18-12(4-2)7-6-11-20(19)15-13(16)8-5-9-14(15)17/h5,8-9,12,18H,3-4,6-7,10-11H2,1-2H3. The Balaban J connectivity index is 2.47. The number of halogens is 2. The number of hydrogen-bond donors (Lipinski definition) is 1. The molecule has 2 unspecified atom stereocenters. The van der Waals surface area contributed by atoms with Gasteiger partial charge in [0, 0.05) is 11.8 Å². The molecule has 0 fully saturated rings. The van der Waals surface area contributed by atoms with Gasteiger partial charge in [0.2, 0.25) is 0 Å². The largest absolute Gasteiger partial charge is 0.314 e. The van der Waals surface area contributed by atoms with Gasteiger partial charge in [-0.15, -0.1) is 0 Å². The Bertz CT molecular complexity index is 420. The summed E-state index contributed by atoms with van der Waals surface area (Å²) in [4.78, 5) is 0.574. The second kappa shape index (κ2) is 9.78. The third-order valence-electron chi connectivity index (χ3n) is 3.20. The van der Waals surface area contributed by atoms with Gasteiger partial charge >= 0.3 is 0 Å². The third kappa shape index (κ3) is 5.72. The van der Waals surface area contributed by atoms with Gasteiger partial charge in [-0.05, 0) is 44.4 Å². The number of benzene rings is 1. The molecule has 0 saturated heterocycles. The van der Waals surface area contributed by atoms with E-state index in [2.05, 4.69) is 19.2 Å². The second-order valence-electron chi connectivity index (χ2n) is 4.80. The maximum absolute atomic E-state index is 12.3. The Labute approximate surface area is 134 Å². The van der Waals surface area contributed by atoms with Crippen molar-refractivity contribution < 1.29 is 4.21 Å². The SMILES string of the molecule is CCCNC(CC)CCCS(=O)c1c(Cl)cccc1Cl. The molecule has 0 radical (unpaired) electrons. The molecule has 1 aromatic carbocycles. The summed E-state index contributed by atoms with van der Waals surface area (Å²) in [6.07, 6.45) is 4.17. The molecule has 0 aromatic heterocycles. The highest BCUT2D eigenvalue weighted by atomic mass is 35.5. The summed E-state index contributed by atoms with van der Waals surface area (Å²) in [5.74, 6) is 0.605. The molecule has 0 heterocycles. The predicted octanol–water partition coefficient (Wildman–Crippen LogP) is 4.66. The van der Waals surface area contributed by atoms with Crippen molar-refractivity contribution in [1.82, 2.24) is 5.32 Å². The van der Waals surface area contributed by atoms with E-state index < -0.39 is 10.8 Å². The van der Waals surface area contributed by atoms with Crippen LogP contribution in [0.5, 0.6) is 0 Å². The average molecular weight is 336 g/mol. The van der Waals surface area contributed by atoms with Crippen molar-refractivity contribution in [1.29, 1.82) is 0 Å². The molecule has 2 nitrogen and oxygen atoms in total. The summed E-state index contributed by atoms with van der Waals surface area (Å²) < 4.78 is 12.3. The Morgan fingerprint density at radius 2 is 1.90 bits per heavy atom. The molecule has 0 spiro atoms. The minimum atomic E-state index is -1.12. The van der Waals surface area contributed by atoms with Crippen LogP contribution in [0.2, 0.25) is 10.0 Å². The van der Waals surface area contributed by atoms with Gasteiger partial charge in [-0.2, -0.15) is 0 Å². The zero-order valence-electron chi connectivity index (χ0n) is 12.1. The van der Waals surface area contributed by atoms with Crippen molar-refractivity contribution in [2.24, 2.45) is 0 Å². The first kappa shape index (κ1) is 18.0. The van der Waals surface area contributed by atoms with Crippen LogP contribution in [0.25, 0.3) is 0 Å². The molecule has 2 atom stereocenters. The highest BCUT2D eigenvalue weighted by Gasteiger charge is 2.13. The fraction of sp³-hybridized carbons (Fsp3) is 0.600. The Hall–Kier alpha value is -0.0900. The molecule has 1 rings (SSSR count). The van der Waals surface area contributed by atoms with Crippen LogP contribution in [-0.4, -0.2) is 22.5 Å². The summed E-state index contributed by atoms with van der Waals surface area (Å²) in [5, 5.41) is 4.49. The fourth-order valence-corrected chi connectivity index (χ4v) is 4.18. The van der Waals surface area contributed by atoms with Gasteiger partial charge in [0.1, 0.15) is 0 Å². The average Bonchev–Trinajstić information content (AvgIpc) is 2.42. The van der Waals surface area contributed by atoms with Crippen molar-refractivity contribution in [2.75, 3.05) is 12.3 Å². The van der Waals surface area contributed by atoms with Crippen molar-refractivity contribution >= 4 is 34.0 Å². The van der Waals surface area contributed by atoms with Crippen LogP contribution in [0.4, 0.5) is 0 Å². The highest BCUT2D eigenvalue weighted by molar-refractivity contribution is 7.85. The van der Waals surface area contributed by atoms with E-state index in [1.54, 1.807) is 18.2 Å². The molecule has 20 heavy (non-hydrogen) atoms. The molecule has 1 aromatic rings. The van der Waals surface area contributed by atoms with Gasteiger partial charge in [0.05, 0.1) is 25.7 Å². The lowest BCUT2D eigenvalue weighted by molar-refractivity contribution is 0.464. The Kier molecular flexibility index (Phi) is 8.78. The zero-order valence-corrected chi connectivity index (χ0v) is 14.5. The summed E-state index contributed by atoms with van der Waals surface area (Å²) in [7, 11) is -1.12. The minimum absolute atomic E-state index is 0.493. The number of rotatable bonds is 9. The molecular weight excluding hydrogens is 313 g/mol. The normalized spacial score (nSPS) is 14.2. The van der Waals surface area contributed by atoms with Crippen LogP contribution in [0.3, 0.4) is 0 Å². The van der Waals surface area contributed by atoms with E-state index in [1.807, 2.05) is 0 Å². The molecule has 0 saturated carbocycles. The van der Waals surface area contributed by atoms with Gasteiger partial charge in [0.15, 0.2) is 0 Å². The molecule has 1 N–H and O–H groups in total. The van der Waals surface area contributed by atoms with Crippen LogP contribution < -0.4 is 5.32 Å². The smallest absolute Gasteiger partial charge is 0.0760 e. The van der Waals surface area contributed by atoms with Gasteiger partial charge < -0.3 is 5.32 Å². The number of hydrogen-bond acceptors (Lipinski definition) is 2. The van der Waals surface area contributed by atoms with E-state index in [0.29, 0.717) is 26.7 Å². The molecule has 5 heteroatoms. The summed E-state index contributed by atoms with van der Waals surface area (Å²) in [6, 6.07) is 5.75. The third-order valence-corrected chi connectivity index (χ3v) is 5.61. The molecule has 0 aliphatic carbocycles. The van der Waals surface area contributed by atoms with Crippen LogP contribution in [0.15, 0.2) is 23.1 Å². The second-order valence-corrected chi connectivity index (χ2v) is 7.12. The van der Waals surface area contributed by atoms with Gasteiger partial charge in [-0.25, -0.2) is 0 Å². The number of nitrogens with one attached hydrogen (secondary N) is 1. The first-order chi connectivity index (χ1) is 9.60. The van der Waals surface area contributed by atoms with E-state index in [1.165, 1.54) is 0 Å². The van der Waals surface area contributed by atoms with Crippen LogP contribution in [0, 0.1) is 0 Å². The van der Waals surface area contributed by atoms with E-state index >= 15 is 0 Å². The topological polar surface area (TPSA) is 29.1 Å². The maximum atomic E-state index is 12.3. The van der Waals surface area contributed by atoms with Gasteiger partial charge in [-0.1, -0.05) is 43.1 Å². The minimum Gasteiger partial charge on any atom is -0.314 e. The van der Waals surface area contributed by atoms with E-state index in [9.17, 15) is 4.21 Å². The summed E-state index contributed by atoms with van der Waals surface area (Å²) in [5.41, 5.74) is 0. The molecule has 0 aliphatic rings. The lowest BCUT2D eigenvalue weighted by atomic mass is 10.1. The highest BCUT2D eigenvalue weighted by Crippen LogP contribution is 2.28. The monoisotopic (exact) mass is 335 g/mol. The van der Waals surface area contributed by atoms with Crippen molar-refractivity contribution in [3.05, 3.63) is 28.2 Å². The van der Waals surface area contributed by atoms with Gasteiger partial charge in [0.25, 0.3) is 0 Å². The fourth-order valence-electron chi connectivity index (χ4n) is 2.06. The Morgan fingerprint density at radius 1 is 1.25 bits per heavy atom. The van der Waals surface area contributed by atoms with Crippen LogP contribution in [0.1, 0.15) is 39.5 Å². The first-order valence-electron chi connectivity index (χ1n) is 7.15. The molecule has 114 valence electrons. The lowest BCUT2D eigenvalue weighted by Gasteiger charge is -2.16. The zero-order chi connectivity index (χ0) is 15.0. The molecule has 0 bridgehead atoms. The van der Waals surface area contributed by atoms with Crippen LogP contribution >= 0.6 is 23.2 Å². The molecule has 0 amide bonds. The van der Waals surface area contributed by atoms with E-state index in [-0.39, 0.29) is 0 Å². The van der Waals surface area contributed by atoms with Crippen LogP contribution in [-0.2, 0) is 10.8 Å². The van der Waals surface area contributed by atoms with E-state index in [0.717, 1.165) is 32.2 Å². The summed E-state index contributed by atoms with van der Waals surface area (Å²) in [6.45, 7) is 5.38.